The third-order valence-corrected chi connectivity index (χ3v) is 11.1. The monoisotopic (exact) mass is 802 g/mol. The minimum absolute atomic E-state index is 0.0562. The number of phosphoric ester groups is 1. The Morgan fingerprint density at radius 3 is 1.29 bits per heavy atom. The maximum absolute atomic E-state index is 12.6. The van der Waals surface area contributed by atoms with Crippen LogP contribution >= 0.6 is 7.82 Å². The number of allylic oxidation sites excluding steroid dienone is 2. The molecule has 9 nitrogen and oxygen atoms in total. The van der Waals surface area contributed by atoms with Crippen LogP contribution in [0.5, 0.6) is 0 Å². The van der Waals surface area contributed by atoms with Gasteiger partial charge in [0.25, 0.3) is 0 Å². The summed E-state index contributed by atoms with van der Waals surface area (Å²) in [7, 11) is -4.37. The number of ether oxygens (including phenoxy) is 2. The van der Waals surface area contributed by atoms with Gasteiger partial charge in [-0.2, -0.15) is 0 Å². The van der Waals surface area contributed by atoms with Crippen molar-refractivity contribution in [1.82, 2.24) is 0 Å². The molecule has 55 heavy (non-hydrogen) atoms. The van der Waals surface area contributed by atoms with Gasteiger partial charge < -0.3 is 20.1 Å². The van der Waals surface area contributed by atoms with Crippen molar-refractivity contribution in [2.45, 2.75) is 238 Å². The summed E-state index contributed by atoms with van der Waals surface area (Å²) in [4.78, 5) is 34.9. The Labute approximate surface area is 339 Å². The topological polar surface area (TPSA) is 134 Å². The first-order valence-corrected chi connectivity index (χ1v) is 24.7. The molecule has 326 valence electrons. The molecule has 0 aromatic rings. The Kier molecular flexibility index (Phi) is 41.4. The lowest BCUT2D eigenvalue weighted by Gasteiger charge is -2.19. The van der Waals surface area contributed by atoms with E-state index in [2.05, 4.69) is 26.0 Å². The van der Waals surface area contributed by atoms with E-state index in [-0.39, 0.29) is 38.6 Å². The van der Waals surface area contributed by atoms with Crippen LogP contribution in [0.3, 0.4) is 0 Å². The number of rotatable bonds is 44. The van der Waals surface area contributed by atoms with Crippen LogP contribution in [0.25, 0.3) is 0 Å². The third kappa shape index (κ3) is 42.2. The normalized spacial score (nSPS) is 13.3. The minimum atomic E-state index is -4.37. The lowest BCUT2D eigenvalue weighted by Crippen LogP contribution is -2.29. The van der Waals surface area contributed by atoms with E-state index in [0.717, 1.165) is 32.1 Å². The molecule has 0 aliphatic rings. The zero-order valence-corrected chi connectivity index (χ0v) is 36.8. The Bertz CT molecular complexity index is 917. The molecule has 0 spiro atoms. The van der Waals surface area contributed by atoms with Crippen molar-refractivity contribution < 1.29 is 37.6 Å². The van der Waals surface area contributed by atoms with Crippen LogP contribution in [-0.4, -0.2) is 49.3 Å². The van der Waals surface area contributed by atoms with Crippen LogP contribution in [0, 0.1) is 0 Å². The van der Waals surface area contributed by atoms with Gasteiger partial charge in [-0.1, -0.05) is 193 Å². The molecule has 2 unspecified atom stereocenters. The van der Waals surface area contributed by atoms with Gasteiger partial charge >= 0.3 is 19.8 Å². The lowest BCUT2D eigenvalue weighted by molar-refractivity contribution is -0.161. The zero-order valence-electron chi connectivity index (χ0n) is 35.9. The lowest BCUT2D eigenvalue weighted by atomic mass is 10.0. The number of carbonyl (C=O) groups excluding carboxylic acids is 2. The Balaban J connectivity index is 4.07. The fourth-order valence-corrected chi connectivity index (χ4v) is 7.45. The van der Waals surface area contributed by atoms with Crippen LogP contribution in [0.1, 0.15) is 232 Å². The predicted molar refractivity (Wildman–Crippen MR) is 229 cm³/mol. The quantitative estimate of drug-likeness (QED) is 0.0267. The molecule has 0 rings (SSSR count). The molecule has 2 atom stereocenters. The van der Waals surface area contributed by atoms with Gasteiger partial charge in [0, 0.05) is 19.4 Å². The fourth-order valence-electron chi connectivity index (χ4n) is 6.69. The molecule has 0 radical (unpaired) electrons. The average molecular weight is 802 g/mol. The van der Waals surface area contributed by atoms with Crippen LogP contribution < -0.4 is 5.73 Å². The number of phosphoric acid groups is 1. The maximum Gasteiger partial charge on any atom is 0.472 e. The molecule has 0 aliphatic heterocycles. The molecule has 0 fully saturated rings. The highest BCUT2D eigenvalue weighted by Gasteiger charge is 2.26. The van der Waals surface area contributed by atoms with Crippen LogP contribution in [0.15, 0.2) is 12.2 Å². The summed E-state index contributed by atoms with van der Waals surface area (Å²) in [6.07, 6.45) is 43.8. The van der Waals surface area contributed by atoms with Crippen molar-refractivity contribution in [3.8, 4) is 0 Å². The van der Waals surface area contributed by atoms with E-state index in [9.17, 15) is 19.0 Å². The minimum Gasteiger partial charge on any atom is -0.462 e. The summed E-state index contributed by atoms with van der Waals surface area (Å²) >= 11 is 0. The van der Waals surface area contributed by atoms with E-state index in [0.29, 0.717) is 6.42 Å². The first kappa shape index (κ1) is 53.8. The summed E-state index contributed by atoms with van der Waals surface area (Å²) < 4.78 is 32.8. The van der Waals surface area contributed by atoms with E-state index >= 15 is 0 Å². The second-order valence-corrected chi connectivity index (χ2v) is 17.1. The molecule has 3 N–H and O–H groups in total. The highest BCUT2D eigenvalue weighted by molar-refractivity contribution is 7.47. The summed E-state index contributed by atoms with van der Waals surface area (Å²) in [5, 5.41) is 0. The third-order valence-electron chi connectivity index (χ3n) is 10.2. The summed E-state index contributed by atoms with van der Waals surface area (Å²) in [6.45, 7) is 3.76. The fraction of sp³-hybridized carbons (Fsp3) is 0.911. The molecule has 0 aromatic carbocycles. The molecule has 0 aromatic heterocycles. The molecule has 0 bridgehead atoms. The van der Waals surface area contributed by atoms with Gasteiger partial charge in [0.15, 0.2) is 6.10 Å². The van der Waals surface area contributed by atoms with Crippen molar-refractivity contribution in [3.05, 3.63) is 12.2 Å². The predicted octanol–water partition coefficient (Wildman–Crippen LogP) is 13.4. The first-order valence-electron chi connectivity index (χ1n) is 23.2. The maximum atomic E-state index is 12.6. The second kappa shape index (κ2) is 42.4. The summed E-state index contributed by atoms with van der Waals surface area (Å²) in [6, 6.07) is 0. The molecule has 0 aliphatic carbocycles. The highest BCUT2D eigenvalue weighted by Crippen LogP contribution is 2.43. The van der Waals surface area contributed by atoms with Gasteiger partial charge in [0.1, 0.15) is 6.61 Å². The SMILES string of the molecule is CCCCCCCCC=CCCCCCCCCCCCC(=O)OCC(COP(=O)(O)OCCN)OC(=O)CCCCCCCCCCCCCCCCC. The van der Waals surface area contributed by atoms with Crippen LogP contribution in [-0.2, 0) is 32.7 Å². The number of nitrogens with two attached hydrogens (primary N) is 1. The number of hydrogen-bond donors (Lipinski definition) is 2. The summed E-state index contributed by atoms with van der Waals surface area (Å²) in [5.74, 6) is -0.818. The standard InChI is InChI=1S/C45H88NO8P/c1-3-5-7-9-11-13-15-17-19-20-21-22-24-25-27-29-31-33-35-37-44(47)51-41-43(42-53-55(49,50)52-40-39-46)54-45(48)38-36-34-32-30-28-26-23-18-16-14-12-10-8-6-4-2/h17,19,43H,3-16,18,20-42,46H2,1-2H3,(H,49,50). The van der Waals surface area contributed by atoms with Gasteiger partial charge in [0.2, 0.25) is 0 Å². The van der Waals surface area contributed by atoms with E-state index < -0.39 is 26.5 Å². The van der Waals surface area contributed by atoms with E-state index in [1.54, 1.807) is 0 Å². The van der Waals surface area contributed by atoms with E-state index in [4.69, 9.17) is 24.3 Å². The van der Waals surface area contributed by atoms with Gasteiger partial charge in [-0.05, 0) is 38.5 Å². The van der Waals surface area contributed by atoms with Gasteiger partial charge in [0.05, 0.1) is 13.2 Å². The molecule has 10 heteroatoms. The van der Waals surface area contributed by atoms with Crippen molar-refractivity contribution in [3.63, 3.8) is 0 Å². The molecule has 0 saturated heterocycles. The zero-order chi connectivity index (χ0) is 40.3. The Morgan fingerprint density at radius 1 is 0.527 bits per heavy atom. The van der Waals surface area contributed by atoms with Crippen molar-refractivity contribution >= 4 is 19.8 Å². The Hall–Kier alpha value is -1.25. The Morgan fingerprint density at radius 2 is 0.891 bits per heavy atom. The number of carbonyl (C=O) groups is 2. The second-order valence-electron chi connectivity index (χ2n) is 15.6. The van der Waals surface area contributed by atoms with Gasteiger partial charge in [-0.15, -0.1) is 0 Å². The first-order chi connectivity index (χ1) is 26.8. The van der Waals surface area contributed by atoms with Crippen LogP contribution in [0.2, 0.25) is 0 Å². The van der Waals surface area contributed by atoms with Crippen molar-refractivity contribution in [1.29, 1.82) is 0 Å². The smallest absolute Gasteiger partial charge is 0.462 e. The number of hydrogen-bond acceptors (Lipinski definition) is 8. The van der Waals surface area contributed by atoms with Crippen LogP contribution in [0.4, 0.5) is 0 Å². The number of esters is 2. The summed E-state index contributed by atoms with van der Waals surface area (Å²) in [5.41, 5.74) is 5.35. The van der Waals surface area contributed by atoms with E-state index in [1.165, 1.54) is 167 Å². The molecule has 0 heterocycles. The number of unbranched alkanes of at least 4 members (excludes halogenated alkanes) is 29. The molecular weight excluding hydrogens is 713 g/mol. The highest BCUT2D eigenvalue weighted by atomic mass is 31.2. The van der Waals surface area contributed by atoms with Gasteiger partial charge in [-0.25, -0.2) is 4.57 Å². The van der Waals surface area contributed by atoms with E-state index in [1.807, 2.05) is 0 Å². The molecule has 0 amide bonds. The van der Waals surface area contributed by atoms with Crippen molar-refractivity contribution in [2.24, 2.45) is 5.73 Å². The van der Waals surface area contributed by atoms with Crippen molar-refractivity contribution in [2.75, 3.05) is 26.4 Å². The average Bonchev–Trinajstić information content (AvgIpc) is 3.17. The van der Waals surface area contributed by atoms with Gasteiger partial charge in [-0.3, -0.25) is 18.6 Å². The molecule has 0 saturated carbocycles. The molecular formula is C45H88NO8P. The largest absolute Gasteiger partial charge is 0.472 e.